The first-order valence-electron chi connectivity index (χ1n) is 6.50. The van der Waals surface area contributed by atoms with E-state index in [0.717, 1.165) is 11.0 Å². The highest BCUT2D eigenvalue weighted by Gasteiger charge is 2.10. The molecule has 2 aromatic rings. The summed E-state index contributed by atoms with van der Waals surface area (Å²) in [5, 5.41) is 10.9. The molecule has 0 fully saturated rings. The van der Waals surface area contributed by atoms with Crippen molar-refractivity contribution in [2.45, 2.75) is 12.5 Å². The third-order valence-electron chi connectivity index (χ3n) is 2.89. The maximum atomic E-state index is 11.8. The molecule has 0 saturated heterocycles. The van der Waals surface area contributed by atoms with Crippen LogP contribution in [0.4, 0.5) is 0 Å². The molecule has 1 atom stereocenters. The maximum Gasteiger partial charge on any atom is 0.233 e. The van der Waals surface area contributed by atoms with E-state index < -0.39 is 16.1 Å². The molecule has 0 unspecified atom stereocenters. The lowest BCUT2D eigenvalue weighted by Gasteiger charge is -2.08. The summed E-state index contributed by atoms with van der Waals surface area (Å²) < 4.78 is 30.8. The molecule has 2 N–H and O–H groups in total. The SMILES string of the molecule is O=S(=O)(/C=C/c1ccccc1)NCC[C@H](O)c1ccoc1. The first-order valence-corrected chi connectivity index (χ1v) is 8.04. The van der Waals surface area contributed by atoms with Gasteiger partial charge in [0, 0.05) is 17.5 Å². The van der Waals surface area contributed by atoms with Crippen molar-refractivity contribution < 1.29 is 17.9 Å². The van der Waals surface area contributed by atoms with Gasteiger partial charge in [-0.05, 0) is 24.1 Å². The number of benzene rings is 1. The molecule has 1 aromatic carbocycles. The molecule has 1 aromatic heterocycles. The van der Waals surface area contributed by atoms with Crippen LogP contribution in [0.15, 0.2) is 58.7 Å². The van der Waals surface area contributed by atoms with Gasteiger partial charge in [-0.3, -0.25) is 0 Å². The smallest absolute Gasteiger partial charge is 0.233 e. The summed E-state index contributed by atoms with van der Waals surface area (Å²) >= 11 is 0. The van der Waals surface area contributed by atoms with E-state index in [1.807, 2.05) is 30.3 Å². The van der Waals surface area contributed by atoms with Crippen molar-refractivity contribution in [2.24, 2.45) is 0 Å². The largest absolute Gasteiger partial charge is 0.472 e. The van der Waals surface area contributed by atoms with Crippen LogP contribution in [-0.2, 0) is 10.0 Å². The fraction of sp³-hybridized carbons (Fsp3) is 0.200. The quantitative estimate of drug-likeness (QED) is 0.822. The molecule has 1 heterocycles. The summed E-state index contributed by atoms with van der Waals surface area (Å²) in [6.45, 7) is 0.147. The van der Waals surface area contributed by atoms with Gasteiger partial charge in [-0.1, -0.05) is 30.3 Å². The summed E-state index contributed by atoms with van der Waals surface area (Å²) in [6, 6.07) is 10.8. The van der Waals surface area contributed by atoms with E-state index in [1.54, 1.807) is 6.07 Å². The molecule has 0 bridgehead atoms. The Kier molecular flexibility index (Phi) is 5.32. The number of hydrogen-bond acceptors (Lipinski definition) is 4. The zero-order valence-corrected chi connectivity index (χ0v) is 12.2. The van der Waals surface area contributed by atoms with Crippen LogP contribution < -0.4 is 4.72 Å². The van der Waals surface area contributed by atoms with Crippen molar-refractivity contribution in [2.75, 3.05) is 6.54 Å². The van der Waals surface area contributed by atoms with Crippen LogP contribution in [-0.4, -0.2) is 20.1 Å². The Labute approximate surface area is 124 Å². The number of aliphatic hydroxyl groups excluding tert-OH is 1. The van der Waals surface area contributed by atoms with Crippen molar-refractivity contribution in [1.82, 2.24) is 4.72 Å². The van der Waals surface area contributed by atoms with Crippen LogP contribution in [0.2, 0.25) is 0 Å². The molecule has 0 radical (unpaired) electrons. The summed E-state index contributed by atoms with van der Waals surface area (Å²) in [5.74, 6) is 0. The van der Waals surface area contributed by atoms with E-state index in [4.69, 9.17) is 4.42 Å². The first-order chi connectivity index (χ1) is 10.1. The molecule has 0 amide bonds. The highest BCUT2D eigenvalue weighted by Crippen LogP contribution is 2.16. The second-order valence-corrected chi connectivity index (χ2v) is 6.16. The fourth-order valence-electron chi connectivity index (χ4n) is 1.75. The Morgan fingerprint density at radius 1 is 1.24 bits per heavy atom. The number of hydrogen-bond donors (Lipinski definition) is 2. The third kappa shape index (κ3) is 5.18. The molecule has 112 valence electrons. The first kappa shape index (κ1) is 15.5. The molecule has 0 saturated carbocycles. The van der Waals surface area contributed by atoms with Crippen LogP contribution in [0.5, 0.6) is 0 Å². The molecule has 5 nitrogen and oxygen atoms in total. The lowest BCUT2D eigenvalue weighted by Crippen LogP contribution is -2.23. The van der Waals surface area contributed by atoms with Crippen LogP contribution >= 0.6 is 0 Å². The highest BCUT2D eigenvalue weighted by atomic mass is 32.2. The van der Waals surface area contributed by atoms with Crippen molar-refractivity contribution >= 4 is 16.1 Å². The number of sulfonamides is 1. The molecule has 0 aliphatic heterocycles. The second kappa shape index (κ2) is 7.21. The molecule has 0 aliphatic rings. The van der Waals surface area contributed by atoms with Gasteiger partial charge in [0.25, 0.3) is 0 Å². The van der Waals surface area contributed by atoms with Crippen molar-refractivity contribution in [1.29, 1.82) is 0 Å². The Morgan fingerprint density at radius 2 is 2.00 bits per heavy atom. The van der Waals surface area contributed by atoms with E-state index >= 15 is 0 Å². The normalized spacial score (nSPS) is 13.6. The minimum Gasteiger partial charge on any atom is -0.472 e. The molecular weight excluding hydrogens is 290 g/mol. The van der Waals surface area contributed by atoms with E-state index in [2.05, 4.69) is 4.72 Å². The zero-order valence-electron chi connectivity index (χ0n) is 11.3. The predicted molar refractivity (Wildman–Crippen MR) is 80.7 cm³/mol. The Hall–Kier alpha value is -1.89. The number of nitrogens with one attached hydrogen (secondary N) is 1. The zero-order chi connectivity index (χ0) is 15.1. The van der Waals surface area contributed by atoms with Gasteiger partial charge in [-0.2, -0.15) is 0 Å². The Balaban J connectivity index is 1.83. The average molecular weight is 307 g/mol. The third-order valence-corrected chi connectivity index (χ3v) is 3.99. The molecule has 6 heteroatoms. The lowest BCUT2D eigenvalue weighted by molar-refractivity contribution is 0.168. The standard InChI is InChI=1S/C15H17NO4S/c17-15(14-7-10-20-12-14)6-9-16-21(18,19)11-8-13-4-2-1-3-5-13/h1-5,7-8,10-12,15-17H,6,9H2/b11-8+/t15-/m0/s1. The molecular formula is C15H17NO4S. The summed E-state index contributed by atoms with van der Waals surface area (Å²) in [4.78, 5) is 0. The van der Waals surface area contributed by atoms with Gasteiger partial charge in [-0.25, -0.2) is 13.1 Å². The van der Waals surface area contributed by atoms with Crippen LogP contribution in [0, 0.1) is 0 Å². The second-order valence-electron chi connectivity index (χ2n) is 4.51. The molecule has 0 aliphatic carbocycles. The number of aliphatic hydroxyl groups is 1. The van der Waals surface area contributed by atoms with Crippen molar-refractivity contribution in [3.63, 3.8) is 0 Å². The Morgan fingerprint density at radius 3 is 2.67 bits per heavy atom. The summed E-state index contributed by atoms with van der Waals surface area (Å²) in [6.07, 6.45) is 3.96. The number of furan rings is 1. The van der Waals surface area contributed by atoms with Gasteiger partial charge in [0.15, 0.2) is 0 Å². The molecule has 21 heavy (non-hydrogen) atoms. The topological polar surface area (TPSA) is 79.5 Å². The van der Waals surface area contributed by atoms with E-state index in [-0.39, 0.29) is 13.0 Å². The highest BCUT2D eigenvalue weighted by molar-refractivity contribution is 7.92. The Bertz CT molecular complexity index is 663. The van der Waals surface area contributed by atoms with Gasteiger partial charge in [-0.15, -0.1) is 0 Å². The van der Waals surface area contributed by atoms with Gasteiger partial charge < -0.3 is 9.52 Å². The van der Waals surface area contributed by atoms with Gasteiger partial charge in [0.05, 0.1) is 18.6 Å². The lowest BCUT2D eigenvalue weighted by atomic mass is 10.1. The fourth-order valence-corrected chi connectivity index (χ4v) is 2.58. The summed E-state index contributed by atoms with van der Waals surface area (Å²) in [5.41, 5.74) is 1.44. The molecule has 0 spiro atoms. The van der Waals surface area contributed by atoms with Gasteiger partial charge in [0.1, 0.15) is 0 Å². The van der Waals surface area contributed by atoms with Gasteiger partial charge >= 0.3 is 0 Å². The predicted octanol–water partition coefficient (Wildman–Crippen LogP) is 2.29. The van der Waals surface area contributed by atoms with Crippen molar-refractivity contribution in [3.8, 4) is 0 Å². The van der Waals surface area contributed by atoms with Crippen molar-refractivity contribution in [3.05, 3.63) is 65.5 Å². The minimum atomic E-state index is -3.51. The van der Waals surface area contributed by atoms with E-state index in [0.29, 0.717) is 5.56 Å². The summed E-state index contributed by atoms with van der Waals surface area (Å²) in [7, 11) is -3.51. The average Bonchev–Trinajstić information content (AvgIpc) is 3.00. The monoisotopic (exact) mass is 307 g/mol. The van der Waals surface area contributed by atoms with Crippen LogP contribution in [0.3, 0.4) is 0 Å². The van der Waals surface area contributed by atoms with Crippen LogP contribution in [0.25, 0.3) is 6.08 Å². The van der Waals surface area contributed by atoms with E-state index in [9.17, 15) is 13.5 Å². The number of rotatable bonds is 7. The van der Waals surface area contributed by atoms with E-state index in [1.165, 1.54) is 18.6 Å². The molecule has 2 rings (SSSR count). The maximum absolute atomic E-state index is 11.8. The van der Waals surface area contributed by atoms with Crippen LogP contribution in [0.1, 0.15) is 23.7 Å². The minimum absolute atomic E-state index is 0.147. The van der Waals surface area contributed by atoms with Gasteiger partial charge in [0.2, 0.25) is 10.0 Å².